The Morgan fingerprint density at radius 2 is 1.94 bits per heavy atom. The first-order chi connectivity index (χ1) is 8.10. The summed E-state index contributed by atoms with van der Waals surface area (Å²) in [5.74, 6) is -1.33. The van der Waals surface area contributed by atoms with Gasteiger partial charge in [-0.1, -0.05) is 5.16 Å². The molecular formula is C10H14N2O5. The summed E-state index contributed by atoms with van der Waals surface area (Å²) in [5.41, 5.74) is 5.55. The fourth-order valence-electron chi connectivity index (χ4n) is 1.23. The standard InChI is InChI=1S/C10H14N2O5/c1-3-15-7(13)5-6-8(9(11)17-12-6)10(14)16-4-2/h3-5,11H2,1-2H3. The highest BCUT2D eigenvalue weighted by molar-refractivity contribution is 5.96. The molecule has 1 rings (SSSR count). The predicted octanol–water partition coefficient (Wildman–Crippen LogP) is 0.539. The van der Waals surface area contributed by atoms with Crippen molar-refractivity contribution in [3.8, 4) is 0 Å². The summed E-state index contributed by atoms with van der Waals surface area (Å²) in [6.07, 6.45) is -0.178. The van der Waals surface area contributed by atoms with Gasteiger partial charge >= 0.3 is 11.9 Å². The lowest BCUT2D eigenvalue weighted by Crippen LogP contribution is -2.13. The van der Waals surface area contributed by atoms with E-state index in [1.54, 1.807) is 13.8 Å². The van der Waals surface area contributed by atoms with Gasteiger partial charge in [-0.3, -0.25) is 4.79 Å². The Kier molecular flexibility index (Phi) is 4.50. The van der Waals surface area contributed by atoms with Crippen LogP contribution in [0.1, 0.15) is 29.9 Å². The van der Waals surface area contributed by atoms with Crippen LogP contribution in [0.25, 0.3) is 0 Å². The van der Waals surface area contributed by atoms with E-state index in [1.165, 1.54) is 0 Å². The highest BCUT2D eigenvalue weighted by atomic mass is 16.5. The summed E-state index contributed by atoms with van der Waals surface area (Å²) in [7, 11) is 0. The van der Waals surface area contributed by atoms with E-state index in [0.29, 0.717) is 0 Å². The van der Waals surface area contributed by atoms with Crippen molar-refractivity contribution in [3.05, 3.63) is 11.3 Å². The maximum absolute atomic E-state index is 11.5. The molecule has 0 atom stereocenters. The lowest BCUT2D eigenvalue weighted by molar-refractivity contribution is -0.142. The molecule has 2 N–H and O–H groups in total. The van der Waals surface area contributed by atoms with Gasteiger partial charge in [0.15, 0.2) is 0 Å². The molecule has 0 aromatic carbocycles. The minimum Gasteiger partial charge on any atom is -0.466 e. The van der Waals surface area contributed by atoms with E-state index in [2.05, 4.69) is 9.68 Å². The number of nitrogens with zero attached hydrogens (tertiary/aromatic N) is 1. The highest BCUT2D eigenvalue weighted by Crippen LogP contribution is 2.18. The van der Waals surface area contributed by atoms with E-state index in [0.717, 1.165) is 0 Å². The molecule has 0 fully saturated rings. The van der Waals surface area contributed by atoms with Gasteiger partial charge in [-0.05, 0) is 13.8 Å². The van der Waals surface area contributed by atoms with Crippen LogP contribution in [0.3, 0.4) is 0 Å². The molecule has 0 radical (unpaired) electrons. The molecule has 0 saturated carbocycles. The lowest BCUT2D eigenvalue weighted by Gasteiger charge is -2.02. The minimum absolute atomic E-state index is 0.0140. The zero-order valence-electron chi connectivity index (χ0n) is 9.69. The van der Waals surface area contributed by atoms with E-state index in [-0.39, 0.29) is 36.8 Å². The van der Waals surface area contributed by atoms with Crippen molar-refractivity contribution in [2.24, 2.45) is 0 Å². The Labute approximate surface area is 97.8 Å². The third-order valence-electron chi connectivity index (χ3n) is 1.89. The van der Waals surface area contributed by atoms with Crippen LogP contribution in [0.5, 0.6) is 0 Å². The number of esters is 2. The Morgan fingerprint density at radius 3 is 2.53 bits per heavy atom. The molecule has 1 aromatic heterocycles. The topological polar surface area (TPSA) is 105 Å². The van der Waals surface area contributed by atoms with Crippen LogP contribution in [0, 0.1) is 0 Å². The Hall–Kier alpha value is -2.05. The molecule has 0 bridgehead atoms. The van der Waals surface area contributed by atoms with Gasteiger partial charge in [0.05, 0.1) is 19.6 Å². The number of hydrogen-bond donors (Lipinski definition) is 1. The fourth-order valence-corrected chi connectivity index (χ4v) is 1.23. The zero-order chi connectivity index (χ0) is 12.8. The minimum atomic E-state index is -0.662. The number of aromatic nitrogens is 1. The second-order valence-corrected chi connectivity index (χ2v) is 3.07. The quantitative estimate of drug-likeness (QED) is 0.751. The molecule has 0 aliphatic rings. The first-order valence-corrected chi connectivity index (χ1v) is 5.16. The van der Waals surface area contributed by atoms with Crippen LogP contribution in [0.2, 0.25) is 0 Å². The number of rotatable bonds is 5. The molecule has 94 valence electrons. The number of nitrogen functional groups attached to an aromatic ring is 1. The van der Waals surface area contributed by atoms with Crippen LogP contribution < -0.4 is 5.73 Å². The zero-order valence-corrected chi connectivity index (χ0v) is 9.69. The van der Waals surface area contributed by atoms with Crippen LogP contribution in [0.15, 0.2) is 4.52 Å². The number of carbonyl (C=O) groups excluding carboxylic acids is 2. The molecule has 17 heavy (non-hydrogen) atoms. The summed E-state index contributed by atoms with van der Waals surface area (Å²) in [4.78, 5) is 22.8. The highest BCUT2D eigenvalue weighted by Gasteiger charge is 2.24. The maximum atomic E-state index is 11.5. The van der Waals surface area contributed by atoms with E-state index >= 15 is 0 Å². The maximum Gasteiger partial charge on any atom is 0.345 e. The van der Waals surface area contributed by atoms with Crippen LogP contribution in [-0.2, 0) is 20.7 Å². The van der Waals surface area contributed by atoms with Crippen molar-refractivity contribution in [1.82, 2.24) is 5.16 Å². The SMILES string of the molecule is CCOC(=O)Cc1noc(N)c1C(=O)OCC. The monoisotopic (exact) mass is 242 g/mol. The number of anilines is 1. The average Bonchev–Trinajstić information content (AvgIpc) is 2.60. The summed E-state index contributed by atoms with van der Waals surface area (Å²) in [6, 6.07) is 0. The Balaban J connectivity index is 2.86. The number of nitrogens with two attached hydrogens (primary N) is 1. The first-order valence-electron chi connectivity index (χ1n) is 5.16. The number of hydrogen-bond acceptors (Lipinski definition) is 7. The third kappa shape index (κ3) is 3.20. The summed E-state index contributed by atoms with van der Waals surface area (Å²) >= 11 is 0. The van der Waals surface area contributed by atoms with Gasteiger partial charge in [0.1, 0.15) is 11.3 Å². The van der Waals surface area contributed by atoms with Crippen molar-refractivity contribution in [2.45, 2.75) is 20.3 Å². The van der Waals surface area contributed by atoms with Crippen molar-refractivity contribution in [2.75, 3.05) is 18.9 Å². The largest absolute Gasteiger partial charge is 0.466 e. The van der Waals surface area contributed by atoms with Gasteiger partial charge in [0.2, 0.25) is 5.88 Å². The first kappa shape index (κ1) is 13.0. The van der Waals surface area contributed by atoms with Gasteiger partial charge in [-0.25, -0.2) is 4.79 Å². The Bertz CT molecular complexity index is 413. The van der Waals surface area contributed by atoms with Gasteiger partial charge < -0.3 is 19.7 Å². The van der Waals surface area contributed by atoms with Gasteiger partial charge in [0, 0.05) is 0 Å². The fraction of sp³-hybridized carbons (Fsp3) is 0.500. The molecule has 0 spiro atoms. The number of carbonyl (C=O) groups is 2. The van der Waals surface area contributed by atoms with Crippen LogP contribution in [0.4, 0.5) is 5.88 Å². The van der Waals surface area contributed by atoms with Gasteiger partial charge in [-0.15, -0.1) is 0 Å². The van der Waals surface area contributed by atoms with E-state index in [4.69, 9.17) is 15.2 Å². The smallest absolute Gasteiger partial charge is 0.345 e. The van der Waals surface area contributed by atoms with E-state index in [9.17, 15) is 9.59 Å². The molecule has 1 aromatic rings. The van der Waals surface area contributed by atoms with E-state index in [1.807, 2.05) is 0 Å². The molecular weight excluding hydrogens is 228 g/mol. The van der Waals surface area contributed by atoms with Crippen molar-refractivity contribution in [1.29, 1.82) is 0 Å². The average molecular weight is 242 g/mol. The van der Waals surface area contributed by atoms with Crippen molar-refractivity contribution >= 4 is 17.8 Å². The second kappa shape index (κ2) is 5.88. The summed E-state index contributed by atoms with van der Waals surface area (Å²) < 4.78 is 14.2. The van der Waals surface area contributed by atoms with Crippen molar-refractivity contribution < 1.29 is 23.6 Å². The van der Waals surface area contributed by atoms with Crippen molar-refractivity contribution in [3.63, 3.8) is 0 Å². The normalized spacial score (nSPS) is 10.0. The van der Waals surface area contributed by atoms with Gasteiger partial charge in [0.25, 0.3) is 0 Å². The molecule has 0 amide bonds. The lowest BCUT2D eigenvalue weighted by atomic mass is 10.2. The van der Waals surface area contributed by atoms with Crippen LogP contribution in [-0.4, -0.2) is 30.3 Å². The Morgan fingerprint density at radius 1 is 1.29 bits per heavy atom. The second-order valence-electron chi connectivity index (χ2n) is 3.07. The molecule has 7 nitrogen and oxygen atoms in total. The molecule has 1 heterocycles. The van der Waals surface area contributed by atoms with E-state index < -0.39 is 11.9 Å². The predicted molar refractivity (Wildman–Crippen MR) is 57.2 cm³/mol. The third-order valence-corrected chi connectivity index (χ3v) is 1.89. The summed E-state index contributed by atoms with van der Waals surface area (Å²) in [5, 5.41) is 3.54. The molecule has 0 saturated heterocycles. The van der Waals surface area contributed by atoms with Gasteiger partial charge in [-0.2, -0.15) is 0 Å². The number of ether oxygens (including phenoxy) is 2. The summed E-state index contributed by atoms with van der Waals surface area (Å²) in [6.45, 7) is 3.79. The molecule has 0 unspecified atom stereocenters. The molecule has 0 aliphatic heterocycles. The molecule has 0 aliphatic carbocycles. The van der Waals surface area contributed by atoms with Crippen LogP contribution >= 0.6 is 0 Å². The molecule has 7 heteroatoms.